The standard InChI is InChI=1S/C48H64N2O2/c1-8-10-12-14-16-18-20-22-28-51-47-35-41(39(5)30-40(47)6)24-25-42-34-46(50-7)43(33-45(42)36-49)26-27-44-31-37(3)38(4)32-48(44)52-29-23-21-19-17-15-13-11-9-2/h24-27,30-35H,8-23,28-29H2,1-6H3/b25-24+,27-26+. The zero-order valence-corrected chi connectivity index (χ0v) is 33.2. The monoisotopic (exact) mass is 700 g/mol. The van der Waals surface area contributed by atoms with Gasteiger partial charge < -0.3 is 9.47 Å². The van der Waals surface area contributed by atoms with E-state index < -0.39 is 0 Å². The molecule has 4 heteroatoms. The first-order chi connectivity index (χ1) is 25.3. The Labute approximate surface area is 316 Å². The molecule has 0 N–H and O–H groups in total. The molecule has 278 valence electrons. The second kappa shape index (κ2) is 24.1. The van der Waals surface area contributed by atoms with Crippen LogP contribution in [-0.2, 0) is 0 Å². The minimum Gasteiger partial charge on any atom is -0.493 e. The number of aryl methyl sites for hydroxylation is 4. The van der Waals surface area contributed by atoms with Crippen molar-refractivity contribution < 1.29 is 9.47 Å². The van der Waals surface area contributed by atoms with Gasteiger partial charge in [-0.15, -0.1) is 0 Å². The molecule has 0 amide bonds. The molecule has 0 fully saturated rings. The SMILES string of the molecule is [C-]#[N+]c1cc(/C=C/c2cc(OCCCCCCCCCC)c(C)cc2C)c(C#N)cc1/C=C/c1cc(C)c(C)cc1OCCCCCCCCCC. The summed E-state index contributed by atoms with van der Waals surface area (Å²) in [7, 11) is 0. The van der Waals surface area contributed by atoms with Crippen molar-refractivity contribution >= 4 is 30.0 Å². The lowest BCUT2D eigenvalue weighted by Crippen LogP contribution is -2.00. The highest BCUT2D eigenvalue weighted by Crippen LogP contribution is 2.31. The van der Waals surface area contributed by atoms with Crippen molar-refractivity contribution in [3.05, 3.63) is 97.9 Å². The average molecular weight is 701 g/mol. The predicted octanol–water partition coefficient (Wildman–Crippen LogP) is 14.7. The highest BCUT2D eigenvalue weighted by Gasteiger charge is 2.10. The van der Waals surface area contributed by atoms with Crippen LogP contribution in [0.25, 0.3) is 29.1 Å². The third-order valence-corrected chi connectivity index (χ3v) is 10.0. The van der Waals surface area contributed by atoms with Gasteiger partial charge in [-0.2, -0.15) is 5.26 Å². The van der Waals surface area contributed by atoms with E-state index in [-0.39, 0.29) is 0 Å². The summed E-state index contributed by atoms with van der Waals surface area (Å²) in [6, 6.07) is 14.5. The summed E-state index contributed by atoms with van der Waals surface area (Å²) in [5, 5.41) is 10.1. The van der Waals surface area contributed by atoms with Crippen molar-refractivity contribution in [1.29, 1.82) is 5.26 Å². The first-order valence-electron chi connectivity index (χ1n) is 20.1. The Hall–Kier alpha value is -4.28. The van der Waals surface area contributed by atoms with Crippen LogP contribution in [0.2, 0.25) is 0 Å². The molecule has 0 aromatic heterocycles. The Balaban J connectivity index is 1.69. The number of rotatable bonds is 24. The van der Waals surface area contributed by atoms with Gasteiger partial charge in [-0.3, -0.25) is 0 Å². The second-order valence-electron chi connectivity index (χ2n) is 14.5. The third-order valence-electron chi connectivity index (χ3n) is 10.0. The van der Waals surface area contributed by atoms with Crippen LogP contribution < -0.4 is 9.47 Å². The predicted molar refractivity (Wildman–Crippen MR) is 223 cm³/mol. The molecule has 0 saturated carbocycles. The number of nitrogens with zero attached hydrogens (tertiary/aromatic N) is 2. The van der Waals surface area contributed by atoms with Crippen molar-refractivity contribution in [2.24, 2.45) is 0 Å². The average Bonchev–Trinajstić information content (AvgIpc) is 3.14. The van der Waals surface area contributed by atoms with Gasteiger partial charge in [-0.05, 0) is 110 Å². The maximum Gasteiger partial charge on any atom is 0.194 e. The van der Waals surface area contributed by atoms with E-state index in [9.17, 15) is 5.26 Å². The van der Waals surface area contributed by atoms with Gasteiger partial charge in [-0.25, -0.2) is 4.85 Å². The van der Waals surface area contributed by atoms with Gasteiger partial charge in [0.2, 0.25) is 0 Å². The van der Waals surface area contributed by atoms with Crippen molar-refractivity contribution in [2.75, 3.05) is 13.2 Å². The fourth-order valence-electron chi connectivity index (χ4n) is 6.53. The Morgan fingerprint density at radius 2 is 1.02 bits per heavy atom. The molecular formula is C48H64N2O2. The zero-order chi connectivity index (χ0) is 37.6. The number of nitriles is 1. The molecule has 0 aliphatic heterocycles. The molecule has 0 aliphatic rings. The minimum absolute atomic E-state index is 0.509. The van der Waals surface area contributed by atoms with E-state index in [2.05, 4.69) is 76.7 Å². The number of ether oxygens (including phenoxy) is 2. The molecule has 52 heavy (non-hydrogen) atoms. The van der Waals surface area contributed by atoms with E-state index in [0.717, 1.165) is 64.3 Å². The smallest absolute Gasteiger partial charge is 0.194 e. The third kappa shape index (κ3) is 14.4. The molecule has 0 heterocycles. The molecule has 3 aromatic rings. The fourth-order valence-corrected chi connectivity index (χ4v) is 6.53. The Kier molecular flexibility index (Phi) is 19.5. The lowest BCUT2D eigenvalue weighted by molar-refractivity contribution is 0.302. The van der Waals surface area contributed by atoms with Crippen LogP contribution in [0.5, 0.6) is 11.5 Å². The van der Waals surface area contributed by atoms with Gasteiger partial charge in [0.05, 0.1) is 31.4 Å². The lowest BCUT2D eigenvalue weighted by atomic mass is 9.98. The number of benzene rings is 3. The van der Waals surface area contributed by atoms with E-state index >= 15 is 0 Å². The summed E-state index contributed by atoms with van der Waals surface area (Å²) in [5.74, 6) is 1.77. The molecule has 3 rings (SSSR count). The van der Waals surface area contributed by atoms with Crippen LogP contribution in [0.15, 0.2) is 36.4 Å². The molecule has 0 spiro atoms. The maximum atomic E-state index is 10.1. The molecule has 0 bridgehead atoms. The van der Waals surface area contributed by atoms with Gasteiger partial charge >= 0.3 is 0 Å². The van der Waals surface area contributed by atoms with Crippen LogP contribution >= 0.6 is 0 Å². The normalized spacial score (nSPS) is 11.3. The van der Waals surface area contributed by atoms with E-state index in [1.54, 1.807) is 0 Å². The minimum atomic E-state index is 0.509. The fraction of sp³-hybridized carbons (Fsp3) is 0.500. The Morgan fingerprint density at radius 3 is 1.60 bits per heavy atom. The molecule has 0 atom stereocenters. The summed E-state index contributed by atoms with van der Waals surface area (Å²) in [4.78, 5) is 3.85. The van der Waals surface area contributed by atoms with Gasteiger partial charge in [0.15, 0.2) is 5.69 Å². The van der Waals surface area contributed by atoms with E-state index in [0.29, 0.717) is 17.9 Å². The highest BCUT2D eigenvalue weighted by atomic mass is 16.5. The molecule has 3 aromatic carbocycles. The van der Waals surface area contributed by atoms with Crippen LogP contribution in [0, 0.1) is 45.6 Å². The van der Waals surface area contributed by atoms with Crippen molar-refractivity contribution in [1.82, 2.24) is 0 Å². The quantitative estimate of drug-likeness (QED) is 0.0531. The summed E-state index contributed by atoms with van der Waals surface area (Å²) in [5.41, 5.74) is 9.18. The molecule has 4 nitrogen and oxygen atoms in total. The molecule has 0 saturated heterocycles. The number of unbranched alkanes of at least 4 members (excludes halogenated alkanes) is 14. The van der Waals surface area contributed by atoms with Crippen molar-refractivity contribution in [3.63, 3.8) is 0 Å². The van der Waals surface area contributed by atoms with Gasteiger partial charge in [0.25, 0.3) is 0 Å². The topological polar surface area (TPSA) is 46.6 Å². The number of hydrogen-bond donors (Lipinski definition) is 0. The van der Waals surface area contributed by atoms with Gasteiger partial charge in [0.1, 0.15) is 11.5 Å². The van der Waals surface area contributed by atoms with E-state index in [1.165, 1.54) is 101 Å². The molecule has 0 radical (unpaired) electrons. The first kappa shape index (κ1) is 42.1. The van der Waals surface area contributed by atoms with Crippen LogP contribution in [-0.4, -0.2) is 13.2 Å². The zero-order valence-electron chi connectivity index (χ0n) is 33.2. The van der Waals surface area contributed by atoms with Gasteiger partial charge in [-0.1, -0.05) is 134 Å². The maximum absolute atomic E-state index is 10.1. The Morgan fingerprint density at radius 1 is 0.519 bits per heavy atom. The van der Waals surface area contributed by atoms with Crippen LogP contribution in [0.3, 0.4) is 0 Å². The van der Waals surface area contributed by atoms with Gasteiger partial charge in [0, 0.05) is 5.56 Å². The number of hydrogen-bond acceptors (Lipinski definition) is 3. The van der Waals surface area contributed by atoms with Crippen LogP contribution in [0.4, 0.5) is 5.69 Å². The van der Waals surface area contributed by atoms with Crippen LogP contribution in [0.1, 0.15) is 167 Å². The summed E-state index contributed by atoms with van der Waals surface area (Å²) < 4.78 is 12.5. The first-order valence-corrected chi connectivity index (χ1v) is 20.1. The molecular weight excluding hydrogens is 637 g/mol. The highest BCUT2D eigenvalue weighted by molar-refractivity contribution is 5.84. The summed E-state index contributed by atoms with van der Waals surface area (Å²) >= 11 is 0. The molecule has 0 unspecified atom stereocenters. The summed E-state index contributed by atoms with van der Waals surface area (Å²) in [6.45, 7) is 22.3. The largest absolute Gasteiger partial charge is 0.493 e. The van der Waals surface area contributed by atoms with Crippen molar-refractivity contribution in [2.45, 2.75) is 144 Å². The summed E-state index contributed by atoms with van der Waals surface area (Å²) in [6.07, 6.45) is 28.2. The van der Waals surface area contributed by atoms with E-state index in [4.69, 9.17) is 16.0 Å². The van der Waals surface area contributed by atoms with E-state index in [1.807, 2.05) is 36.4 Å². The lowest BCUT2D eigenvalue weighted by Gasteiger charge is -2.13. The molecule has 0 aliphatic carbocycles. The second-order valence-corrected chi connectivity index (χ2v) is 14.5. The Bertz CT molecular complexity index is 1680. The van der Waals surface area contributed by atoms with Crippen molar-refractivity contribution in [3.8, 4) is 17.6 Å².